The summed E-state index contributed by atoms with van der Waals surface area (Å²) in [5.74, 6) is -0.127. The van der Waals surface area contributed by atoms with Gasteiger partial charge in [0.2, 0.25) is 0 Å². The smallest absolute Gasteiger partial charge is 0.349 e. The summed E-state index contributed by atoms with van der Waals surface area (Å²) in [6, 6.07) is 6.59. The standard InChI is InChI=1S/C15H11BrN2O4/c1-8-3-4-18(17-8)14(19)11-6-9-5-10(16)7-12(21-2)13(9)22-15(11)20/h3-7H,1-2H3. The van der Waals surface area contributed by atoms with Crippen LogP contribution in [0, 0.1) is 6.92 Å². The van der Waals surface area contributed by atoms with Gasteiger partial charge in [0, 0.05) is 16.1 Å². The molecule has 0 saturated carbocycles. The Labute approximate surface area is 133 Å². The summed E-state index contributed by atoms with van der Waals surface area (Å²) in [6.07, 6.45) is 1.50. The molecule has 2 aromatic heterocycles. The summed E-state index contributed by atoms with van der Waals surface area (Å²) in [6.45, 7) is 1.76. The number of ether oxygens (including phenoxy) is 1. The highest BCUT2D eigenvalue weighted by Gasteiger charge is 2.18. The zero-order chi connectivity index (χ0) is 15.9. The van der Waals surface area contributed by atoms with Crippen molar-refractivity contribution < 1.29 is 13.9 Å². The van der Waals surface area contributed by atoms with E-state index in [-0.39, 0.29) is 5.56 Å². The number of nitrogens with zero attached hydrogens (tertiary/aromatic N) is 2. The maximum atomic E-state index is 12.4. The lowest BCUT2D eigenvalue weighted by Crippen LogP contribution is -2.21. The van der Waals surface area contributed by atoms with Gasteiger partial charge in [-0.05, 0) is 31.2 Å². The van der Waals surface area contributed by atoms with Gasteiger partial charge in [0.15, 0.2) is 11.3 Å². The second kappa shape index (κ2) is 5.42. The average Bonchev–Trinajstić information content (AvgIpc) is 2.92. The summed E-state index contributed by atoms with van der Waals surface area (Å²) >= 11 is 3.35. The zero-order valence-corrected chi connectivity index (χ0v) is 13.4. The SMILES string of the molecule is COc1cc(Br)cc2cc(C(=O)n3ccc(C)n3)c(=O)oc12. The lowest BCUT2D eigenvalue weighted by molar-refractivity contribution is 0.0941. The number of hydrogen-bond donors (Lipinski definition) is 0. The minimum Gasteiger partial charge on any atom is -0.493 e. The molecule has 0 aliphatic heterocycles. The van der Waals surface area contributed by atoms with Crippen LogP contribution in [0.3, 0.4) is 0 Å². The normalized spacial score (nSPS) is 10.9. The van der Waals surface area contributed by atoms with Crippen molar-refractivity contribution in [1.29, 1.82) is 0 Å². The van der Waals surface area contributed by atoms with Crippen LogP contribution in [0.4, 0.5) is 0 Å². The quantitative estimate of drug-likeness (QED) is 0.655. The summed E-state index contributed by atoms with van der Waals surface area (Å²) in [4.78, 5) is 24.5. The minimum atomic E-state index is -0.730. The second-order valence-electron chi connectivity index (χ2n) is 4.68. The average molecular weight is 363 g/mol. The molecule has 0 spiro atoms. The first-order valence-corrected chi connectivity index (χ1v) is 7.17. The van der Waals surface area contributed by atoms with Gasteiger partial charge in [-0.15, -0.1) is 0 Å². The van der Waals surface area contributed by atoms with Crippen LogP contribution in [0.5, 0.6) is 5.75 Å². The fraction of sp³-hybridized carbons (Fsp3) is 0.133. The molecule has 22 heavy (non-hydrogen) atoms. The van der Waals surface area contributed by atoms with Crippen LogP contribution in [0.1, 0.15) is 16.1 Å². The van der Waals surface area contributed by atoms with E-state index in [1.807, 2.05) is 0 Å². The van der Waals surface area contributed by atoms with Crippen molar-refractivity contribution in [2.24, 2.45) is 0 Å². The number of aromatic nitrogens is 2. The number of carbonyl (C=O) groups is 1. The Balaban J connectivity index is 2.21. The molecule has 112 valence electrons. The van der Waals surface area contributed by atoms with E-state index >= 15 is 0 Å². The van der Waals surface area contributed by atoms with Crippen molar-refractivity contribution in [2.45, 2.75) is 6.92 Å². The molecule has 1 aromatic carbocycles. The van der Waals surface area contributed by atoms with Crippen molar-refractivity contribution in [2.75, 3.05) is 7.11 Å². The van der Waals surface area contributed by atoms with Gasteiger partial charge in [0.05, 0.1) is 12.8 Å². The molecule has 0 radical (unpaired) electrons. The van der Waals surface area contributed by atoms with Gasteiger partial charge in [-0.25, -0.2) is 9.48 Å². The van der Waals surface area contributed by atoms with E-state index in [4.69, 9.17) is 9.15 Å². The number of rotatable bonds is 2. The van der Waals surface area contributed by atoms with Crippen molar-refractivity contribution in [3.05, 3.63) is 56.6 Å². The van der Waals surface area contributed by atoms with Gasteiger partial charge in [0.25, 0.3) is 5.91 Å². The van der Waals surface area contributed by atoms with Gasteiger partial charge in [-0.1, -0.05) is 15.9 Å². The number of hydrogen-bond acceptors (Lipinski definition) is 5. The molecule has 3 rings (SSSR count). The van der Waals surface area contributed by atoms with E-state index in [0.29, 0.717) is 22.4 Å². The van der Waals surface area contributed by atoms with E-state index in [9.17, 15) is 9.59 Å². The first kappa shape index (κ1) is 14.5. The van der Waals surface area contributed by atoms with E-state index in [2.05, 4.69) is 21.0 Å². The molecule has 0 fully saturated rings. The fourth-order valence-corrected chi connectivity index (χ4v) is 2.57. The maximum absolute atomic E-state index is 12.4. The van der Waals surface area contributed by atoms with Gasteiger partial charge in [0.1, 0.15) is 5.56 Å². The van der Waals surface area contributed by atoms with Gasteiger partial charge in [-0.2, -0.15) is 5.10 Å². The maximum Gasteiger partial charge on any atom is 0.349 e. The molecule has 0 aliphatic rings. The second-order valence-corrected chi connectivity index (χ2v) is 5.60. The molecule has 0 aliphatic carbocycles. The summed E-state index contributed by atoms with van der Waals surface area (Å²) in [5, 5.41) is 4.59. The first-order chi connectivity index (χ1) is 10.5. The molecule has 6 nitrogen and oxygen atoms in total. The Morgan fingerprint density at radius 1 is 1.36 bits per heavy atom. The molecular weight excluding hydrogens is 352 g/mol. The highest BCUT2D eigenvalue weighted by molar-refractivity contribution is 9.10. The summed E-state index contributed by atoms with van der Waals surface area (Å²) < 4.78 is 12.3. The molecule has 0 N–H and O–H groups in total. The molecule has 0 atom stereocenters. The molecular formula is C15H11BrN2O4. The molecule has 3 aromatic rings. The number of halogens is 1. The number of fused-ring (bicyclic) bond motifs is 1. The topological polar surface area (TPSA) is 74.3 Å². The zero-order valence-electron chi connectivity index (χ0n) is 11.8. The fourth-order valence-electron chi connectivity index (χ4n) is 2.12. The summed E-state index contributed by atoms with van der Waals surface area (Å²) in [5.41, 5.74) is 0.161. The highest BCUT2D eigenvalue weighted by Crippen LogP contribution is 2.29. The number of carbonyl (C=O) groups excluding carboxylic acids is 1. The van der Waals surface area contributed by atoms with Gasteiger partial charge >= 0.3 is 5.63 Å². The van der Waals surface area contributed by atoms with Crippen LogP contribution in [0.25, 0.3) is 11.0 Å². The van der Waals surface area contributed by atoms with Crippen LogP contribution in [-0.4, -0.2) is 22.8 Å². The van der Waals surface area contributed by atoms with E-state index in [0.717, 1.165) is 9.15 Å². The van der Waals surface area contributed by atoms with E-state index < -0.39 is 11.5 Å². The Morgan fingerprint density at radius 2 is 2.14 bits per heavy atom. The van der Waals surface area contributed by atoms with Crippen molar-refractivity contribution >= 4 is 32.8 Å². The monoisotopic (exact) mass is 362 g/mol. The number of aryl methyl sites for hydroxylation is 1. The third-order valence-electron chi connectivity index (χ3n) is 3.14. The lowest BCUT2D eigenvalue weighted by Gasteiger charge is -2.06. The molecule has 2 heterocycles. The van der Waals surface area contributed by atoms with Crippen LogP contribution < -0.4 is 10.4 Å². The van der Waals surface area contributed by atoms with Crippen LogP contribution in [0.2, 0.25) is 0 Å². The van der Waals surface area contributed by atoms with E-state index in [1.54, 1.807) is 25.1 Å². The predicted octanol–water partition coefficient (Wildman–Crippen LogP) is 2.76. The summed E-state index contributed by atoms with van der Waals surface area (Å²) in [7, 11) is 1.48. The lowest BCUT2D eigenvalue weighted by atomic mass is 10.1. The molecule has 0 bridgehead atoms. The first-order valence-electron chi connectivity index (χ1n) is 6.38. The molecule has 0 saturated heterocycles. The molecule has 7 heteroatoms. The Kier molecular flexibility index (Phi) is 3.58. The Morgan fingerprint density at radius 3 is 2.77 bits per heavy atom. The van der Waals surface area contributed by atoms with Crippen molar-refractivity contribution in [1.82, 2.24) is 9.78 Å². The van der Waals surface area contributed by atoms with Crippen LogP contribution >= 0.6 is 15.9 Å². The van der Waals surface area contributed by atoms with Crippen LogP contribution in [0.15, 0.2) is 44.1 Å². The third-order valence-corrected chi connectivity index (χ3v) is 3.60. The Bertz CT molecular complexity index is 942. The number of benzene rings is 1. The van der Waals surface area contributed by atoms with Gasteiger partial charge < -0.3 is 9.15 Å². The van der Waals surface area contributed by atoms with Crippen molar-refractivity contribution in [3.63, 3.8) is 0 Å². The van der Waals surface area contributed by atoms with Crippen molar-refractivity contribution in [3.8, 4) is 5.75 Å². The third kappa shape index (κ3) is 2.43. The predicted molar refractivity (Wildman–Crippen MR) is 83.4 cm³/mol. The molecule has 0 unspecified atom stereocenters. The number of methoxy groups -OCH3 is 1. The molecule has 0 amide bonds. The Hall–Kier alpha value is -2.41. The van der Waals surface area contributed by atoms with E-state index in [1.165, 1.54) is 19.4 Å². The minimum absolute atomic E-state index is 0.0873. The highest BCUT2D eigenvalue weighted by atomic mass is 79.9. The van der Waals surface area contributed by atoms with Gasteiger partial charge in [-0.3, -0.25) is 4.79 Å². The van der Waals surface area contributed by atoms with Crippen LogP contribution in [-0.2, 0) is 0 Å². The largest absolute Gasteiger partial charge is 0.493 e.